The van der Waals surface area contributed by atoms with Crippen LogP contribution >= 0.6 is 0 Å². The molecule has 3 aliphatic rings. The lowest BCUT2D eigenvalue weighted by atomic mass is 9.83. The topological polar surface area (TPSA) is 333 Å². The summed E-state index contributed by atoms with van der Waals surface area (Å²) in [7, 11) is 0. The first kappa shape index (κ1) is 35.8. The van der Waals surface area contributed by atoms with E-state index in [9.17, 15) is 30.6 Å². The lowest BCUT2D eigenvalue weighted by Crippen LogP contribution is -2.69. The molecule has 248 valence electrons. The van der Waals surface area contributed by atoms with Gasteiger partial charge in [-0.25, -0.2) is 0 Å². The van der Waals surface area contributed by atoms with Gasteiger partial charge in [0, 0.05) is 44.3 Å². The molecule has 0 spiro atoms. The van der Waals surface area contributed by atoms with Crippen molar-refractivity contribution in [2.45, 2.75) is 111 Å². The molecular formula is C24H51N7O11. The fourth-order valence-corrected chi connectivity index (χ4v) is 5.40. The highest BCUT2D eigenvalue weighted by Crippen LogP contribution is 2.31. The summed E-state index contributed by atoms with van der Waals surface area (Å²) in [4.78, 5) is 0. The summed E-state index contributed by atoms with van der Waals surface area (Å²) >= 11 is 0. The molecule has 3 fully saturated rings. The standard InChI is InChI=1S/C24H51N7O11/c25-3-10(34)5-31-13-1-11(27)21(20(38)22(13)42-24-19(37)17(29)18(36)16(8-33)40-24)41-23-12(28)2-14(35)15(39-23)6-30-4-9(26)7-32/h9-24,30-38H,1-8,25-29H2/t9?,10?,11-,12+,13+,14-,15+,16+,17-,18+,19+,20-,21+,22-,23+,24+/m0/s1. The fraction of sp³-hybridized carbons (Fsp3) is 1.00. The van der Waals surface area contributed by atoms with E-state index in [-0.39, 0.29) is 45.6 Å². The summed E-state index contributed by atoms with van der Waals surface area (Å²) in [5.74, 6) is 0. The number of rotatable bonds is 14. The quantitative estimate of drug-likeness (QED) is 0.0864. The van der Waals surface area contributed by atoms with Crippen molar-refractivity contribution in [2.24, 2.45) is 28.7 Å². The predicted molar refractivity (Wildman–Crippen MR) is 146 cm³/mol. The maximum Gasteiger partial charge on any atom is 0.186 e. The van der Waals surface area contributed by atoms with Crippen molar-refractivity contribution in [3.8, 4) is 0 Å². The van der Waals surface area contributed by atoms with Crippen LogP contribution in [0.1, 0.15) is 12.8 Å². The van der Waals surface area contributed by atoms with Crippen LogP contribution in [0, 0.1) is 0 Å². The van der Waals surface area contributed by atoms with E-state index >= 15 is 0 Å². The highest BCUT2D eigenvalue weighted by atomic mass is 16.7. The van der Waals surface area contributed by atoms with Crippen molar-refractivity contribution in [3.05, 3.63) is 0 Å². The predicted octanol–water partition coefficient (Wildman–Crippen LogP) is -8.39. The van der Waals surface area contributed by atoms with Crippen molar-refractivity contribution < 1.29 is 54.7 Å². The minimum Gasteiger partial charge on any atom is -0.395 e. The number of ether oxygens (including phenoxy) is 4. The van der Waals surface area contributed by atoms with Crippen molar-refractivity contribution in [1.82, 2.24) is 10.6 Å². The Morgan fingerprint density at radius 1 is 0.833 bits per heavy atom. The Morgan fingerprint density at radius 3 is 2.14 bits per heavy atom. The third kappa shape index (κ3) is 8.93. The van der Waals surface area contributed by atoms with Crippen LogP contribution in [-0.4, -0.2) is 173 Å². The number of aliphatic hydroxyl groups excluding tert-OH is 7. The van der Waals surface area contributed by atoms with Gasteiger partial charge in [0.15, 0.2) is 12.6 Å². The lowest BCUT2D eigenvalue weighted by Gasteiger charge is -2.48. The van der Waals surface area contributed by atoms with E-state index in [2.05, 4.69) is 10.6 Å². The molecule has 0 aromatic heterocycles. The Hall–Kier alpha value is -0.720. The Kier molecular flexibility index (Phi) is 14.1. The lowest BCUT2D eigenvalue weighted by molar-refractivity contribution is -0.316. The molecule has 18 nitrogen and oxygen atoms in total. The van der Waals surface area contributed by atoms with Gasteiger partial charge < -0.3 is 94.0 Å². The van der Waals surface area contributed by atoms with Crippen molar-refractivity contribution >= 4 is 0 Å². The molecule has 0 amide bonds. The van der Waals surface area contributed by atoms with Gasteiger partial charge in [0.2, 0.25) is 0 Å². The zero-order valence-corrected chi connectivity index (χ0v) is 23.5. The van der Waals surface area contributed by atoms with E-state index in [1.54, 1.807) is 0 Å². The van der Waals surface area contributed by atoms with Crippen LogP contribution in [0.3, 0.4) is 0 Å². The van der Waals surface area contributed by atoms with Crippen molar-refractivity contribution in [1.29, 1.82) is 0 Å². The second kappa shape index (κ2) is 16.5. The molecule has 0 bridgehead atoms. The van der Waals surface area contributed by atoms with E-state index in [4.69, 9.17) is 52.7 Å². The zero-order chi connectivity index (χ0) is 31.1. The number of nitrogens with two attached hydrogens (primary N) is 5. The average Bonchev–Trinajstić information content (AvgIpc) is 2.97. The summed E-state index contributed by atoms with van der Waals surface area (Å²) in [5.41, 5.74) is 29.8. The summed E-state index contributed by atoms with van der Waals surface area (Å²) in [5, 5.41) is 77.6. The minimum atomic E-state index is -1.51. The van der Waals surface area contributed by atoms with Gasteiger partial charge in [-0.2, -0.15) is 0 Å². The van der Waals surface area contributed by atoms with Crippen LogP contribution in [0.5, 0.6) is 0 Å². The van der Waals surface area contributed by atoms with Crippen LogP contribution in [0.2, 0.25) is 0 Å². The van der Waals surface area contributed by atoms with Gasteiger partial charge in [0.1, 0.15) is 36.6 Å². The van der Waals surface area contributed by atoms with Gasteiger partial charge in [-0.1, -0.05) is 0 Å². The smallest absolute Gasteiger partial charge is 0.186 e. The van der Waals surface area contributed by atoms with Crippen LogP contribution in [0.15, 0.2) is 0 Å². The monoisotopic (exact) mass is 613 g/mol. The van der Waals surface area contributed by atoms with Gasteiger partial charge >= 0.3 is 0 Å². The largest absolute Gasteiger partial charge is 0.395 e. The molecule has 19 N–H and O–H groups in total. The van der Waals surface area contributed by atoms with Gasteiger partial charge in [0.05, 0.1) is 43.6 Å². The van der Waals surface area contributed by atoms with Gasteiger partial charge in [0.25, 0.3) is 0 Å². The number of hydrogen-bond donors (Lipinski definition) is 14. The summed E-state index contributed by atoms with van der Waals surface area (Å²) in [6, 6.07) is -3.92. The summed E-state index contributed by atoms with van der Waals surface area (Å²) in [6.07, 6.45) is -12.5. The molecular weight excluding hydrogens is 562 g/mol. The minimum absolute atomic E-state index is 0.0221. The van der Waals surface area contributed by atoms with E-state index < -0.39 is 104 Å². The molecule has 1 saturated carbocycles. The molecule has 2 saturated heterocycles. The third-order valence-corrected chi connectivity index (χ3v) is 8.01. The van der Waals surface area contributed by atoms with E-state index in [0.29, 0.717) is 0 Å². The average molecular weight is 614 g/mol. The molecule has 2 heterocycles. The van der Waals surface area contributed by atoms with Crippen LogP contribution in [0.4, 0.5) is 0 Å². The molecule has 0 aromatic carbocycles. The molecule has 16 atom stereocenters. The van der Waals surface area contributed by atoms with E-state index in [0.717, 1.165) is 0 Å². The first-order valence-corrected chi connectivity index (χ1v) is 14.3. The molecule has 3 rings (SSSR count). The highest BCUT2D eigenvalue weighted by molar-refractivity contribution is 5.02. The molecule has 0 radical (unpaired) electrons. The summed E-state index contributed by atoms with van der Waals surface area (Å²) in [6.45, 7) is -0.314. The van der Waals surface area contributed by atoms with Crippen LogP contribution < -0.4 is 39.3 Å². The maximum absolute atomic E-state index is 11.5. The Morgan fingerprint density at radius 2 is 1.50 bits per heavy atom. The first-order valence-electron chi connectivity index (χ1n) is 14.3. The maximum atomic E-state index is 11.5. The van der Waals surface area contributed by atoms with Gasteiger partial charge in [-0.15, -0.1) is 0 Å². The number of nitrogens with one attached hydrogen (secondary N) is 2. The molecule has 18 heteroatoms. The Labute approximate surface area is 244 Å². The second-order valence-electron chi connectivity index (χ2n) is 11.4. The third-order valence-electron chi connectivity index (χ3n) is 8.01. The number of aliphatic hydroxyl groups is 7. The first-order chi connectivity index (χ1) is 19.9. The Bertz CT molecular complexity index is 795. The molecule has 2 aliphatic heterocycles. The van der Waals surface area contributed by atoms with Gasteiger partial charge in [-0.3, -0.25) is 0 Å². The SMILES string of the molecule is NCC(O)CN[C@@H]1C[C@H](N)[C@@H](O[C@H]2O[C@H](CNCC(N)CO)[C@@H](O)C[C@H]2N)[C@H](O)[C@H]1O[C@H]1O[C@H](CO)[C@@H](O)[C@H](N)[C@H]1O. The molecule has 2 unspecified atom stereocenters. The normalized spacial score (nSPS) is 44.6. The zero-order valence-electron chi connectivity index (χ0n) is 23.5. The van der Waals surface area contributed by atoms with Crippen LogP contribution in [0.25, 0.3) is 0 Å². The van der Waals surface area contributed by atoms with Crippen LogP contribution in [-0.2, 0) is 18.9 Å². The van der Waals surface area contributed by atoms with Gasteiger partial charge in [-0.05, 0) is 12.8 Å². The highest BCUT2D eigenvalue weighted by Gasteiger charge is 2.51. The molecule has 1 aliphatic carbocycles. The fourth-order valence-electron chi connectivity index (χ4n) is 5.40. The molecule has 42 heavy (non-hydrogen) atoms. The number of hydrogen-bond acceptors (Lipinski definition) is 18. The second-order valence-corrected chi connectivity index (χ2v) is 11.4. The van der Waals surface area contributed by atoms with Crippen molar-refractivity contribution in [3.63, 3.8) is 0 Å². The van der Waals surface area contributed by atoms with E-state index in [1.807, 2.05) is 0 Å². The van der Waals surface area contributed by atoms with Crippen molar-refractivity contribution in [2.75, 3.05) is 39.4 Å². The molecule has 0 aromatic rings. The van der Waals surface area contributed by atoms with E-state index in [1.165, 1.54) is 0 Å². The Balaban J connectivity index is 1.74. The summed E-state index contributed by atoms with van der Waals surface area (Å²) < 4.78 is 23.6.